The molecule has 1 aromatic heterocycles. The van der Waals surface area contributed by atoms with Crippen LogP contribution >= 0.6 is 0 Å². The minimum atomic E-state index is -4.33. The van der Waals surface area contributed by atoms with Crippen molar-refractivity contribution in [1.29, 1.82) is 0 Å². The van der Waals surface area contributed by atoms with Crippen molar-refractivity contribution in [2.24, 2.45) is 5.73 Å². The van der Waals surface area contributed by atoms with Crippen molar-refractivity contribution in [2.75, 3.05) is 0 Å². The molecular weight excluding hydrogens is 207 g/mol. The lowest BCUT2D eigenvalue weighted by Crippen LogP contribution is -2.25. The fourth-order valence-corrected chi connectivity index (χ4v) is 1.49. The van der Waals surface area contributed by atoms with Gasteiger partial charge in [0, 0.05) is 18.3 Å². The normalized spacial score (nSPS) is 19.2. The second-order valence-corrected chi connectivity index (χ2v) is 4.05. The quantitative estimate of drug-likeness (QED) is 0.842. The van der Waals surface area contributed by atoms with Crippen molar-refractivity contribution in [3.8, 4) is 0 Å². The Kier molecular flexibility index (Phi) is 2.26. The maximum Gasteiger partial charge on any atom is 0.433 e. The molecule has 1 saturated carbocycles. The number of aryl methyl sites for hydroxylation is 1. The SMILES string of the molecule is NC1(CCn2nccc2C(F)(F)F)CC1. The summed E-state index contributed by atoms with van der Waals surface area (Å²) >= 11 is 0. The number of aromatic nitrogens is 2. The molecule has 0 bridgehead atoms. The van der Waals surface area contributed by atoms with E-state index in [-0.39, 0.29) is 12.1 Å². The van der Waals surface area contributed by atoms with E-state index in [9.17, 15) is 13.2 Å². The van der Waals surface area contributed by atoms with E-state index in [0.29, 0.717) is 6.42 Å². The Balaban J connectivity index is 2.05. The van der Waals surface area contributed by atoms with Crippen molar-refractivity contribution in [3.05, 3.63) is 18.0 Å². The number of hydrogen-bond donors (Lipinski definition) is 1. The molecule has 2 N–H and O–H groups in total. The molecule has 1 heterocycles. The first-order valence-corrected chi connectivity index (χ1v) is 4.79. The molecule has 0 aromatic carbocycles. The van der Waals surface area contributed by atoms with Gasteiger partial charge in [-0.25, -0.2) is 0 Å². The minimum Gasteiger partial charge on any atom is -0.325 e. The van der Waals surface area contributed by atoms with Crippen molar-refractivity contribution >= 4 is 0 Å². The summed E-state index contributed by atoms with van der Waals surface area (Å²) in [6.45, 7) is 0.234. The average Bonchev–Trinajstić information content (AvgIpc) is 2.66. The third-order valence-corrected chi connectivity index (χ3v) is 2.72. The van der Waals surface area contributed by atoms with E-state index in [1.807, 2.05) is 0 Å². The molecule has 15 heavy (non-hydrogen) atoms. The van der Waals surface area contributed by atoms with E-state index >= 15 is 0 Å². The molecule has 1 fully saturated rings. The predicted octanol–water partition coefficient (Wildman–Crippen LogP) is 1.78. The molecule has 0 radical (unpaired) electrons. The number of halogens is 3. The van der Waals surface area contributed by atoms with Crippen molar-refractivity contribution < 1.29 is 13.2 Å². The minimum absolute atomic E-state index is 0.234. The number of hydrogen-bond acceptors (Lipinski definition) is 2. The zero-order chi connectivity index (χ0) is 11.1. The van der Waals surface area contributed by atoms with Gasteiger partial charge in [-0.15, -0.1) is 0 Å². The second-order valence-electron chi connectivity index (χ2n) is 4.05. The highest BCUT2D eigenvalue weighted by molar-refractivity contribution is 5.06. The molecule has 84 valence electrons. The van der Waals surface area contributed by atoms with Gasteiger partial charge in [0.15, 0.2) is 0 Å². The van der Waals surface area contributed by atoms with Crippen LogP contribution < -0.4 is 5.73 Å². The second kappa shape index (κ2) is 3.23. The van der Waals surface area contributed by atoms with E-state index in [2.05, 4.69) is 5.10 Å². The highest BCUT2D eigenvalue weighted by Gasteiger charge is 2.39. The Morgan fingerprint density at radius 3 is 2.67 bits per heavy atom. The van der Waals surface area contributed by atoms with Gasteiger partial charge in [0.1, 0.15) is 5.69 Å². The van der Waals surface area contributed by atoms with Crippen LogP contribution in [0.3, 0.4) is 0 Å². The molecule has 0 unspecified atom stereocenters. The van der Waals surface area contributed by atoms with Crippen LogP contribution in [0.1, 0.15) is 25.0 Å². The first kappa shape index (κ1) is 10.5. The summed E-state index contributed by atoms with van der Waals surface area (Å²) in [5.74, 6) is 0. The summed E-state index contributed by atoms with van der Waals surface area (Å²) in [5, 5.41) is 3.65. The van der Waals surface area contributed by atoms with Crippen molar-refractivity contribution in [2.45, 2.75) is 37.5 Å². The van der Waals surface area contributed by atoms with Crippen molar-refractivity contribution in [3.63, 3.8) is 0 Å². The van der Waals surface area contributed by atoms with Gasteiger partial charge in [-0.3, -0.25) is 4.68 Å². The molecule has 0 aliphatic heterocycles. The van der Waals surface area contributed by atoms with E-state index in [0.717, 1.165) is 23.6 Å². The monoisotopic (exact) mass is 219 g/mol. The molecule has 0 spiro atoms. The molecular formula is C9H12F3N3. The largest absolute Gasteiger partial charge is 0.433 e. The van der Waals surface area contributed by atoms with E-state index in [1.54, 1.807) is 0 Å². The Morgan fingerprint density at radius 1 is 1.47 bits per heavy atom. The standard InChI is InChI=1S/C9H12F3N3/c10-9(11,12)7-1-5-14-15(7)6-4-8(13)2-3-8/h1,5H,2-4,6,13H2. The smallest absolute Gasteiger partial charge is 0.325 e. The van der Waals surface area contributed by atoms with Crippen LogP contribution in [-0.4, -0.2) is 15.3 Å². The summed E-state index contributed by atoms with van der Waals surface area (Å²) in [7, 11) is 0. The highest BCUT2D eigenvalue weighted by Crippen LogP contribution is 2.36. The molecule has 1 aliphatic rings. The predicted molar refractivity (Wildman–Crippen MR) is 48.0 cm³/mol. The van der Waals surface area contributed by atoms with Gasteiger partial charge in [0.2, 0.25) is 0 Å². The lowest BCUT2D eigenvalue weighted by atomic mass is 10.2. The van der Waals surface area contributed by atoms with Crippen LogP contribution in [-0.2, 0) is 12.7 Å². The number of nitrogens with two attached hydrogens (primary N) is 1. The van der Waals surface area contributed by atoms with Gasteiger partial charge in [-0.2, -0.15) is 18.3 Å². The molecule has 1 aliphatic carbocycles. The van der Waals surface area contributed by atoms with E-state index < -0.39 is 11.9 Å². The maximum atomic E-state index is 12.4. The zero-order valence-electron chi connectivity index (χ0n) is 8.09. The van der Waals surface area contributed by atoms with Gasteiger partial charge < -0.3 is 5.73 Å². The Bertz CT molecular complexity index is 352. The first-order chi connectivity index (χ1) is 6.91. The van der Waals surface area contributed by atoms with Gasteiger partial charge >= 0.3 is 6.18 Å². The van der Waals surface area contributed by atoms with Gasteiger partial charge in [0.25, 0.3) is 0 Å². The molecule has 0 atom stereocenters. The molecule has 0 amide bonds. The molecule has 0 saturated heterocycles. The molecule has 2 rings (SSSR count). The average molecular weight is 219 g/mol. The maximum absolute atomic E-state index is 12.4. The number of alkyl halides is 3. The first-order valence-electron chi connectivity index (χ1n) is 4.79. The molecule has 3 nitrogen and oxygen atoms in total. The van der Waals surface area contributed by atoms with Crippen LogP contribution in [0.2, 0.25) is 0 Å². The molecule has 1 aromatic rings. The lowest BCUT2D eigenvalue weighted by molar-refractivity contribution is -0.144. The Hall–Kier alpha value is -1.04. The summed E-state index contributed by atoms with van der Waals surface area (Å²) in [4.78, 5) is 0. The number of rotatable bonds is 3. The Morgan fingerprint density at radius 2 is 2.13 bits per heavy atom. The van der Waals surface area contributed by atoms with Crippen LogP contribution in [0.15, 0.2) is 12.3 Å². The van der Waals surface area contributed by atoms with Crippen LogP contribution in [0.4, 0.5) is 13.2 Å². The van der Waals surface area contributed by atoms with Crippen LogP contribution in [0.25, 0.3) is 0 Å². The van der Waals surface area contributed by atoms with Crippen LogP contribution in [0.5, 0.6) is 0 Å². The van der Waals surface area contributed by atoms with E-state index in [4.69, 9.17) is 5.73 Å². The number of nitrogens with zero attached hydrogens (tertiary/aromatic N) is 2. The summed E-state index contributed by atoms with van der Waals surface area (Å²) < 4.78 is 38.3. The molecule has 6 heteroatoms. The zero-order valence-corrected chi connectivity index (χ0v) is 8.09. The fourth-order valence-electron chi connectivity index (χ4n) is 1.49. The third-order valence-electron chi connectivity index (χ3n) is 2.72. The van der Waals surface area contributed by atoms with E-state index in [1.165, 1.54) is 6.20 Å². The fraction of sp³-hybridized carbons (Fsp3) is 0.667. The summed E-state index contributed by atoms with van der Waals surface area (Å²) in [6, 6.07) is 0.982. The summed E-state index contributed by atoms with van der Waals surface area (Å²) in [5.41, 5.74) is 4.86. The van der Waals surface area contributed by atoms with Gasteiger partial charge in [0.05, 0.1) is 0 Å². The lowest BCUT2D eigenvalue weighted by Gasteiger charge is -2.12. The topological polar surface area (TPSA) is 43.8 Å². The van der Waals surface area contributed by atoms with Gasteiger partial charge in [-0.05, 0) is 25.3 Å². The van der Waals surface area contributed by atoms with Crippen molar-refractivity contribution in [1.82, 2.24) is 9.78 Å². The van der Waals surface area contributed by atoms with Gasteiger partial charge in [-0.1, -0.05) is 0 Å². The summed E-state index contributed by atoms with van der Waals surface area (Å²) in [6.07, 6.45) is -0.816. The van der Waals surface area contributed by atoms with Crippen LogP contribution in [0, 0.1) is 0 Å². The highest BCUT2D eigenvalue weighted by atomic mass is 19.4. The third kappa shape index (κ3) is 2.31. The Labute approximate surface area is 85.1 Å².